The number of nitrogens with zero attached hydrogens (tertiary/aromatic N) is 2. The molecule has 0 fully saturated rings. The summed E-state index contributed by atoms with van der Waals surface area (Å²) in [5, 5.41) is 3.72. The molecule has 0 aliphatic heterocycles. The second kappa shape index (κ2) is 11.8. The molecule has 0 radical (unpaired) electrons. The van der Waals surface area contributed by atoms with Gasteiger partial charge in [0.15, 0.2) is 0 Å². The Balaban J connectivity index is 2.53. The van der Waals surface area contributed by atoms with E-state index in [-0.39, 0.29) is 12.5 Å². The molecule has 0 heterocycles. The molecule has 7 nitrogen and oxygen atoms in total. The minimum Gasteiger partial charge on any atom is -0.350 e. The fraction of sp³-hybridized carbons (Fsp3) is 0.462. The van der Waals surface area contributed by atoms with Gasteiger partial charge in [0, 0.05) is 22.1 Å². The first-order valence-corrected chi connectivity index (χ1v) is 14.2. The van der Waals surface area contributed by atoms with Crippen molar-refractivity contribution in [2.45, 2.75) is 66.1 Å². The van der Waals surface area contributed by atoms with E-state index in [2.05, 4.69) is 5.32 Å². The topological polar surface area (TPSA) is 86.8 Å². The standard InChI is InChI=1S/C26H35Cl2N3O4S/c1-8-23(25(33)29-26(4,5)6)30(15-19-9-10-20(27)14-22(19)28)24(32)16-31(36(7,34)35)21-12-17(2)11-18(3)13-21/h9-14,23H,8,15-16H2,1-7H3,(H,29,33)/t23-/m1/s1. The van der Waals surface area contributed by atoms with E-state index in [9.17, 15) is 18.0 Å². The number of halogens is 2. The molecule has 2 amide bonds. The van der Waals surface area contributed by atoms with Gasteiger partial charge in [0.25, 0.3) is 0 Å². The second-order valence-corrected chi connectivity index (χ2v) is 12.8. The molecule has 0 unspecified atom stereocenters. The quantitative estimate of drug-likeness (QED) is 0.466. The molecule has 36 heavy (non-hydrogen) atoms. The van der Waals surface area contributed by atoms with E-state index in [1.807, 2.05) is 40.7 Å². The molecule has 0 spiro atoms. The number of carbonyl (C=O) groups is 2. The van der Waals surface area contributed by atoms with Crippen molar-refractivity contribution < 1.29 is 18.0 Å². The molecule has 1 N–H and O–H groups in total. The van der Waals surface area contributed by atoms with Crippen LogP contribution in [0.5, 0.6) is 0 Å². The lowest BCUT2D eigenvalue weighted by atomic mass is 10.1. The van der Waals surface area contributed by atoms with Gasteiger partial charge in [-0.05, 0) is 82.0 Å². The molecule has 10 heteroatoms. The van der Waals surface area contributed by atoms with Gasteiger partial charge in [-0.15, -0.1) is 0 Å². The number of hydrogen-bond acceptors (Lipinski definition) is 4. The van der Waals surface area contributed by atoms with Crippen LogP contribution in [0.2, 0.25) is 10.0 Å². The van der Waals surface area contributed by atoms with Crippen LogP contribution in [0.1, 0.15) is 50.8 Å². The predicted octanol–water partition coefficient (Wildman–Crippen LogP) is 5.10. The summed E-state index contributed by atoms with van der Waals surface area (Å²) in [5.41, 5.74) is 2.20. The summed E-state index contributed by atoms with van der Waals surface area (Å²) in [7, 11) is -3.81. The minimum atomic E-state index is -3.81. The molecule has 2 aromatic carbocycles. The highest BCUT2D eigenvalue weighted by Crippen LogP contribution is 2.26. The van der Waals surface area contributed by atoms with Gasteiger partial charge in [-0.3, -0.25) is 13.9 Å². The van der Waals surface area contributed by atoms with E-state index in [0.717, 1.165) is 21.7 Å². The second-order valence-electron chi connectivity index (χ2n) is 10.0. The van der Waals surface area contributed by atoms with Crippen molar-refractivity contribution in [3.8, 4) is 0 Å². The maximum atomic E-state index is 13.8. The number of hydrogen-bond donors (Lipinski definition) is 1. The summed E-state index contributed by atoms with van der Waals surface area (Å²) >= 11 is 12.4. The Morgan fingerprint density at radius 3 is 2.08 bits per heavy atom. The zero-order chi connectivity index (χ0) is 27.4. The molecule has 0 saturated carbocycles. The maximum Gasteiger partial charge on any atom is 0.244 e. The largest absolute Gasteiger partial charge is 0.350 e. The Labute approximate surface area is 224 Å². The Kier molecular flexibility index (Phi) is 9.84. The van der Waals surface area contributed by atoms with E-state index >= 15 is 0 Å². The lowest BCUT2D eigenvalue weighted by molar-refractivity contribution is -0.141. The predicted molar refractivity (Wildman–Crippen MR) is 147 cm³/mol. The van der Waals surface area contributed by atoms with Gasteiger partial charge >= 0.3 is 0 Å². The van der Waals surface area contributed by atoms with Gasteiger partial charge in [-0.25, -0.2) is 8.42 Å². The molecular formula is C26H35Cl2N3O4S. The van der Waals surface area contributed by atoms with Gasteiger partial charge in [0.1, 0.15) is 12.6 Å². The Morgan fingerprint density at radius 1 is 1.03 bits per heavy atom. The minimum absolute atomic E-state index is 0.00928. The third-order valence-corrected chi connectivity index (χ3v) is 7.14. The summed E-state index contributed by atoms with van der Waals surface area (Å²) in [5.74, 6) is -0.859. The third kappa shape index (κ3) is 8.39. The first-order valence-electron chi connectivity index (χ1n) is 11.6. The van der Waals surface area contributed by atoms with E-state index in [1.54, 1.807) is 37.3 Å². The average molecular weight is 557 g/mol. The van der Waals surface area contributed by atoms with Crippen LogP contribution in [0.15, 0.2) is 36.4 Å². The van der Waals surface area contributed by atoms with E-state index < -0.39 is 34.1 Å². The summed E-state index contributed by atoms with van der Waals surface area (Å²) in [6.07, 6.45) is 1.38. The number of amides is 2. The van der Waals surface area contributed by atoms with Crippen molar-refractivity contribution in [1.29, 1.82) is 0 Å². The number of carbonyl (C=O) groups excluding carboxylic acids is 2. The monoisotopic (exact) mass is 555 g/mol. The Morgan fingerprint density at radius 2 is 1.61 bits per heavy atom. The van der Waals surface area contributed by atoms with Crippen molar-refractivity contribution in [2.24, 2.45) is 0 Å². The summed E-state index contributed by atoms with van der Waals surface area (Å²) in [6, 6.07) is 9.41. The lowest BCUT2D eigenvalue weighted by Crippen LogP contribution is -2.55. The smallest absolute Gasteiger partial charge is 0.244 e. The lowest BCUT2D eigenvalue weighted by Gasteiger charge is -2.34. The molecular weight excluding hydrogens is 521 g/mol. The Bertz CT molecular complexity index is 1210. The molecule has 0 aliphatic carbocycles. The van der Waals surface area contributed by atoms with Crippen molar-refractivity contribution in [1.82, 2.24) is 10.2 Å². The SMILES string of the molecule is CC[C@H](C(=O)NC(C)(C)C)N(Cc1ccc(Cl)cc1Cl)C(=O)CN(c1cc(C)cc(C)c1)S(C)(=O)=O. The number of anilines is 1. The highest BCUT2D eigenvalue weighted by Gasteiger charge is 2.33. The normalized spacial score (nSPS) is 12.7. The van der Waals surface area contributed by atoms with Crippen LogP contribution in [-0.2, 0) is 26.2 Å². The summed E-state index contributed by atoms with van der Waals surface area (Å²) in [4.78, 5) is 28.4. The fourth-order valence-electron chi connectivity index (χ4n) is 3.91. The molecule has 2 rings (SSSR count). The van der Waals surface area contributed by atoms with Gasteiger partial charge in [-0.2, -0.15) is 0 Å². The molecule has 198 valence electrons. The van der Waals surface area contributed by atoms with Crippen LogP contribution in [-0.4, -0.2) is 49.5 Å². The number of sulfonamides is 1. The number of nitrogens with one attached hydrogen (secondary N) is 1. The van der Waals surface area contributed by atoms with Crippen molar-refractivity contribution in [3.63, 3.8) is 0 Å². The molecule has 0 aromatic heterocycles. The first-order chi connectivity index (χ1) is 16.5. The highest BCUT2D eigenvalue weighted by atomic mass is 35.5. The van der Waals surface area contributed by atoms with Crippen LogP contribution in [0.25, 0.3) is 0 Å². The summed E-state index contributed by atoms with van der Waals surface area (Å²) < 4.78 is 26.6. The van der Waals surface area contributed by atoms with Gasteiger partial charge in [-0.1, -0.05) is 42.3 Å². The zero-order valence-electron chi connectivity index (χ0n) is 21.9. The van der Waals surface area contributed by atoms with Gasteiger partial charge < -0.3 is 10.2 Å². The van der Waals surface area contributed by atoms with Crippen molar-refractivity contribution in [2.75, 3.05) is 17.1 Å². The maximum absolute atomic E-state index is 13.8. The average Bonchev–Trinajstić information content (AvgIpc) is 2.70. The van der Waals surface area contributed by atoms with Crippen LogP contribution in [0, 0.1) is 13.8 Å². The molecule has 0 saturated heterocycles. The van der Waals surface area contributed by atoms with Crippen molar-refractivity contribution in [3.05, 3.63) is 63.1 Å². The molecule has 0 aliphatic rings. The van der Waals surface area contributed by atoms with Gasteiger partial charge in [0.05, 0.1) is 11.9 Å². The molecule has 0 bridgehead atoms. The summed E-state index contributed by atoms with van der Waals surface area (Å²) in [6.45, 7) is 10.6. The van der Waals surface area contributed by atoms with Crippen LogP contribution < -0.4 is 9.62 Å². The van der Waals surface area contributed by atoms with Crippen LogP contribution >= 0.6 is 23.2 Å². The van der Waals surface area contributed by atoms with E-state index in [0.29, 0.717) is 27.7 Å². The number of rotatable bonds is 9. The Hall–Kier alpha value is -2.29. The van der Waals surface area contributed by atoms with E-state index in [1.165, 1.54) is 4.90 Å². The highest BCUT2D eigenvalue weighted by molar-refractivity contribution is 7.92. The molecule has 1 atom stereocenters. The first kappa shape index (κ1) is 29.9. The van der Waals surface area contributed by atoms with E-state index in [4.69, 9.17) is 23.2 Å². The zero-order valence-corrected chi connectivity index (χ0v) is 24.2. The number of aryl methyl sites for hydroxylation is 2. The van der Waals surface area contributed by atoms with Gasteiger partial charge in [0.2, 0.25) is 21.8 Å². The third-order valence-electron chi connectivity index (χ3n) is 5.41. The molecule has 2 aromatic rings. The van der Waals surface area contributed by atoms with Crippen LogP contribution in [0.4, 0.5) is 5.69 Å². The fourth-order valence-corrected chi connectivity index (χ4v) is 5.22. The van der Waals surface area contributed by atoms with Crippen molar-refractivity contribution >= 4 is 50.7 Å². The van der Waals surface area contributed by atoms with Crippen LogP contribution in [0.3, 0.4) is 0 Å². The number of benzene rings is 2.